The monoisotopic (exact) mass is 450 g/mol. The second kappa shape index (κ2) is 7.64. The van der Waals surface area contributed by atoms with E-state index in [9.17, 15) is 13.2 Å². The van der Waals surface area contributed by atoms with Crippen LogP contribution in [0.5, 0.6) is 0 Å². The Morgan fingerprint density at radius 2 is 1.89 bits per heavy atom. The maximum atomic E-state index is 12.6. The maximum absolute atomic E-state index is 12.6. The molecule has 7 heteroatoms. The highest BCUT2D eigenvalue weighted by atomic mass is 79.9. The van der Waals surface area contributed by atoms with E-state index in [1.807, 2.05) is 24.3 Å². The number of sulfonamides is 1. The van der Waals surface area contributed by atoms with Crippen LogP contribution in [0.15, 0.2) is 53.0 Å². The van der Waals surface area contributed by atoms with Crippen molar-refractivity contribution in [1.29, 1.82) is 0 Å². The molecule has 1 amide bonds. The van der Waals surface area contributed by atoms with E-state index in [1.165, 1.54) is 4.31 Å². The third-order valence-electron chi connectivity index (χ3n) is 4.81. The van der Waals surface area contributed by atoms with Crippen molar-refractivity contribution in [2.75, 3.05) is 23.1 Å². The molecular formula is C20H23BrN2O3S. The summed E-state index contributed by atoms with van der Waals surface area (Å²) >= 11 is 3.43. The molecule has 0 atom stereocenters. The first kappa shape index (κ1) is 19.9. The lowest BCUT2D eigenvalue weighted by Gasteiger charge is -2.26. The summed E-state index contributed by atoms with van der Waals surface area (Å²) in [4.78, 5) is 12.6. The molecule has 0 saturated carbocycles. The Balaban J connectivity index is 1.71. The van der Waals surface area contributed by atoms with Crippen LogP contribution in [0.1, 0.15) is 36.2 Å². The van der Waals surface area contributed by atoms with Crippen molar-refractivity contribution < 1.29 is 13.2 Å². The van der Waals surface area contributed by atoms with E-state index >= 15 is 0 Å². The average Bonchev–Trinajstić information content (AvgIpc) is 2.99. The van der Waals surface area contributed by atoms with Gasteiger partial charge in [0.15, 0.2) is 0 Å². The number of hydrogen-bond acceptors (Lipinski definition) is 3. The van der Waals surface area contributed by atoms with Gasteiger partial charge in [-0.05, 0) is 42.3 Å². The van der Waals surface area contributed by atoms with Crippen LogP contribution in [0.3, 0.4) is 0 Å². The number of carbonyl (C=O) groups is 1. The Morgan fingerprint density at radius 1 is 1.19 bits per heavy atom. The van der Waals surface area contributed by atoms with Gasteiger partial charge in [-0.15, -0.1) is 0 Å². The smallest absolute Gasteiger partial charge is 0.251 e. The number of rotatable bonds is 5. The van der Waals surface area contributed by atoms with Crippen molar-refractivity contribution in [2.45, 2.75) is 25.7 Å². The number of nitrogens with zero attached hydrogens (tertiary/aromatic N) is 1. The normalized spacial score (nSPS) is 16.3. The summed E-state index contributed by atoms with van der Waals surface area (Å²) in [5, 5.41) is 2.97. The van der Waals surface area contributed by atoms with Gasteiger partial charge < -0.3 is 5.32 Å². The topological polar surface area (TPSA) is 66.5 Å². The average molecular weight is 451 g/mol. The van der Waals surface area contributed by atoms with Crippen LogP contribution >= 0.6 is 15.9 Å². The molecule has 0 spiro atoms. The summed E-state index contributed by atoms with van der Waals surface area (Å²) in [5.74, 6) is -0.0521. The third-order valence-corrected chi connectivity index (χ3v) is 7.21. The van der Waals surface area contributed by atoms with Gasteiger partial charge in [-0.25, -0.2) is 8.42 Å². The van der Waals surface area contributed by atoms with Crippen molar-refractivity contribution in [3.05, 3.63) is 64.1 Å². The number of benzene rings is 2. The van der Waals surface area contributed by atoms with Crippen LogP contribution in [0.2, 0.25) is 0 Å². The zero-order chi connectivity index (χ0) is 19.7. The fourth-order valence-corrected chi connectivity index (χ4v) is 4.96. The first-order valence-electron chi connectivity index (χ1n) is 8.84. The molecule has 0 radical (unpaired) electrons. The third kappa shape index (κ3) is 4.52. The molecule has 1 saturated heterocycles. The Kier molecular flexibility index (Phi) is 5.63. The molecule has 0 bridgehead atoms. The Bertz CT molecular complexity index is 940. The molecule has 1 aliphatic rings. The fraction of sp³-hybridized carbons (Fsp3) is 0.350. The minimum Gasteiger partial charge on any atom is -0.351 e. The van der Waals surface area contributed by atoms with Crippen LogP contribution in [0.4, 0.5) is 5.69 Å². The number of hydrogen-bond donors (Lipinski definition) is 1. The summed E-state index contributed by atoms with van der Waals surface area (Å²) in [6.07, 6.45) is 0.611. The molecule has 2 aromatic rings. The van der Waals surface area contributed by atoms with E-state index in [2.05, 4.69) is 35.1 Å². The molecule has 1 aliphatic heterocycles. The molecule has 27 heavy (non-hydrogen) atoms. The zero-order valence-corrected chi connectivity index (χ0v) is 17.8. The molecule has 2 aromatic carbocycles. The zero-order valence-electron chi connectivity index (χ0n) is 15.4. The first-order valence-corrected chi connectivity index (χ1v) is 11.2. The molecule has 0 aromatic heterocycles. The predicted octanol–water partition coefficient (Wildman–Crippen LogP) is 3.70. The molecule has 3 rings (SSSR count). The summed E-state index contributed by atoms with van der Waals surface area (Å²) in [7, 11) is -3.26. The lowest BCUT2D eigenvalue weighted by Crippen LogP contribution is -2.36. The van der Waals surface area contributed by atoms with Gasteiger partial charge >= 0.3 is 0 Å². The fourth-order valence-electron chi connectivity index (χ4n) is 3.14. The van der Waals surface area contributed by atoms with E-state index in [4.69, 9.17) is 0 Å². The van der Waals surface area contributed by atoms with Gasteiger partial charge in [0.25, 0.3) is 5.91 Å². The summed E-state index contributed by atoms with van der Waals surface area (Å²) in [6.45, 7) is 5.08. The highest BCUT2D eigenvalue weighted by Gasteiger charge is 2.29. The second-order valence-corrected chi connectivity index (χ2v) is 10.3. The Hall–Kier alpha value is -1.86. The summed E-state index contributed by atoms with van der Waals surface area (Å²) < 4.78 is 26.6. The number of carbonyl (C=O) groups excluding carboxylic acids is 1. The molecule has 0 unspecified atom stereocenters. The molecule has 0 aliphatic carbocycles. The van der Waals surface area contributed by atoms with Crippen molar-refractivity contribution in [3.8, 4) is 0 Å². The first-order chi connectivity index (χ1) is 12.7. The Labute approximate surface area is 169 Å². The van der Waals surface area contributed by atoms with Gasteiger partial charge in [-0.2, -0.15) is 0 Å². The van der Waals surface area contributed by atoms with Gasteiger partial charge in [-0.3, -0.25) is 9.10 Å². The van der Waals surface area contributed by atoms with Gasteiger partial charge in [0.2, 0.25) is 10.0 Å². The summed E-state index contributed by atoms with van der Waals surface area (Å²) in [6, 6.07) is 14.8. The minimum atomic E-state index is -3.26. The van der Waals surface area contributed by atoms with Crippen LogP contribution in [0.25, 0.3) is 0 Å². The lowest BCUT2D eigenvalue weighted by atomic mass is 9.84. The van der Waals surface area contributed by atoms with Gasteiger partial charge in [0.05, 0.1) is 11.4 Å². The van der Waals surface area contributed by atoms with E-state index in [-0.39, 0.29) is 17.1 Å². The SMILES string of the molecule is CC(C)(CNC(=O)c1cccc(N2CCCS2(=O)=O)c1)c1ccc(Br)cc1. The standard InChI is InChI=1S/C20H23BrN2O3S/c1-20(2,16-7-9-17(21)10-8-16)14-22-19(24)15-5-3-6-18(13-15)23-11-4-12-27(23,25)26/h3,5-10,13H,4,11-12,14H2,1-2H3,(H,22,24). The maximum Gasteiger partial charge on any atom is 0.251 e. The second-order valence-electron chi connectivity index (χ2n) is 7.37. The highest BCUT2D eigenvalue weighted by Crippen LogP contribution is 2.26. The van der Waals surface area contributed by atoms with Crippen molar-refractivity contribution in [3.63, 3.8) is 0 Å². The molecule has 1 heterocycles. The molecule has 5 nitrogen and oxygen atoms in total. The van der Waals surface area contributed by atoms with E-state index < -0.39 is 10.0 Å². The number of anilines is 1. The van der Waals surface area contributed by atoms with E-state index in [1.54, 1.807) is 24.3 Å². The predicted molar refractivity (Wildman–Crippen MR) is 112 cm³/mol. The number of amides is 1. The van der Waals surface area contributed by atoms with E-state index in [0.29, 0.717) is 30.8 Å². The van der Waals surface area contributed by atoms with Gasteiger partial charge in [0, 0.05) is 28.5 Å². The van der Waals surface area contributed by atoms with Crippen LogP contribution in [-0.4, -0.2) is 33.2 Å². The molecule has 1 fully saturated rings. The van der Waals surface area contributed by atoms with Gasteiger partial charge in [-0.1, -0.05) is 48.0 Å². The van der Waals surface area contributed by atoms with Crippen LogP contribution < -0.4 is 9.62 Å². The van der Waals surface area contributed by atoms with Crippen molar-refractivity contribution in [1.82, 2.24) is 5.32 Å². The van der Waals surface area contributed by atoms with Crippen LogP contribution in [0, 0.1) is 0 Å². The van der Waals surface area contributed by atoms with E-state index in [0.717, 1.165) is 10.0 Å². The molecule has 144 valence electrons. The number of halogens is 1. The van der Waals surface area contributed by atoms with Crippen molar-refractivity contribution >= 4 is 37.5 Å². The molecule has 1 N–H and O–H groups in total. The highest BCUT2D eigenvalue weighted by molar-refractivity contribution is 9.10. The Morgan fingerprint density at radius 3 is 2.52 bits per heavy atom. The summed E-state index contributed by atoms with van der Waals surface area (Å²) in [5.41, 5.74) is 1.91. The minimum absolute atomic E-state index is 0.158. The number of nitrogens with one attached hydrogen (secondary N) is 1. The van der Waals surface area contributed by atoms with Crippen LogP contribution in [-0.2, 0) is 15.4 Å². The van der Waals surface area contributed by atoms with Crippen molar-refractivity contribution in [2.24, 2.45) is 0 Å². The van der Waals surface area contributed by atoms with Gasteiger partial charge in [0.1, 0.15) is 0 Å². The quantitative estimate of drug-likeness (QED) is 0.754. The lowest BCUT2D eigenvalue weighted by molar-refractivity contribution is 0.0945. The largest absolute Gasteiger partial charge is 0.351 e. The molecular weight excluding hydrogens is 428 g/mol.